The topological polar surface area (TPSA) is 18.5 Å². The predicted molar refractivity (Wildman–Crippen MR) is 68.7 cm³/mol. The summed E-state index contributed by atoms with van der Waals surface area (Å²) in [6, 6.07) is 0. The van der Waals surface area contributed by atoms with E-state index >= 15 is 0 Å². The minimum absolute atomic E-state index is 0.852. The highest BCUT2D eigenvalue weighted by Gasteiger charge is 2.24. The van der Waals surface area contributed by atoms with E-state index in [9.17, 15) is 0 Å². The SMILES string of the molecule is CC(CN(C)CCN1CCCC1)C1CNC1. The zero-order valence-electron chi connectivity index (χ0n) is 10.9. The van der Waals surface area contributed by atoms with Crippen LogP contribution < -0.4 is 5.32 Å². The number of likely N-dealkylation sites (tertiary alicyclic amines) is 1. The highest BCUT2D eigenvalue weighted by atomic mass is 15.2. The van der Waals surface area contributed by atoms with Gasteiger partial charge in [-0.15, -0.1) is 0 Å². The van der Waals surface area contributed by atoms with Crippen LogP contribution in [0.2, 0.25) is 0 Å². The fraction of sp³-hybridized carbons (Fsp3) is 1.00. The molecule has 0 bridgehead atoms. The van der Waals surface area contributed by atoms with Crippen molar-refractivity contribution in [3.05, 3.63) is 0 Å². The predicted octanol–water partition coefficient (Wildman–Crippen LogP) is 0.869. The van der Waals surface area contributed by atoms with Gasteiger partial charge >= 0.3 is 0 Å². The molecule has 0 aromatic heterocycles. The van der Waals surface area contributed by atoms with Gasteiger partial charge in [-0.1, -0.05) is 6.92 Å². The van der Waals surface area contributed by atoms with E-state index in [1.54, 1.807) is 0 Å². The van der Waals surface area contributed by atoms with Crippen LogP contribution in [0.25, 0.3) is 0 Å². The third kappa shape index (κ3) is 3.44. The Morgan fingerprint density at radius 1 is 1.31 bits per heavy atom. The quantitative estimate of drug-likeness (QED) is 0.724. The summed E-state index contributed by atoms with van der Waals surface area (Å²) in [6.45, 7) is 11.3. The lowest BCUT2D eigenvalue weighted by Crippen LogP contribution is -2.48. The molecule has 0 aliphatic carbocycles. The van der Waals surface area contributed by atoms with Crippen LogP contribution in [0.4, 0.5) is 0 Å². The van der Waals surface area contributed by atoms with Crippen molar-refractivity contribution in [1.29, 1.82) is 0 Å². The number of likely N-dealkylation sites (N-methyl/N-ethyl adjacent to an activating group) is 1. The van der Waals surface area contributed by atoms with Crippen molar-refractivity contribution in [3.63, 3.8) is 0 Å². The molecule has 0 spiro atoms. The number of nitrogens with zero attached hydrogens (tertiary/aromatic N) is 2. The van der Waals surface area contributed by atoms with Gasteiger partial charge < -0.3 is 15.1 Å². The number of rotatable bonds is 6. The molecule has 0 amide bonds. The van der Waals surface area contributed by atoms with Crippen molar-refractivity contribution in [2.45, 2.75) is 19.8 Å². The molecule has 0 aromatic carbocycles. The summed E-state index contributed by atoms with van der Waals surface area (Å²) in [5, 5.41) is 3.37. The van der Waals surface area contributed by atoms with E-state index in [2.05, 4.69) is 29.1 Å². The van der Waals surface area contributed by atoms with Gasteiger partial charge in [-0.3, -0.25) is 0 Å². The Morgan fingerprint density at radius 2 is 2.00 bits per heavy atom. The maximum absolute atomic E-state index is 3.37. The lowest BCUT2D eigenvalue weighted by Gasteiger charge is -2.35. The zero-order chi connectivity index (χ0) is 11.4. The Hall–Kier alpha value is -0.120. The first-order valence-electron chi connectivity index (χ1n) is 6.87. The van der Waals surface area contributed by atoms with E-state index in [1.165, 1.54) is 58.7 Å². The van der Waals surface area contributed by atoms with Crippen molar-refractivity contribution >= 4 is 0 Å². The van der Waals surface area contributed by atoms with Crippen LogP contribution in [-0.2, 0) is 0 Å². The van der Waals surface area contributed by atoms with E-state index in [0.29, 0.717) is 0 Å². The van der Waals surface area contributed by atoms with Gasteiger partial charge in [-0.25, -0.2) is 0 Å². The van der Waals surface area contributed by atoms with Gasteiger partial charge in [0.1, 0.15) is 0 Å². The van der Waals surface area contributed by atoms with Crippen LogP contribution >= 0.6 is 0 Å². The average molecular weight is 225 g/mol. The summed E-state index contributed by atoms with van der Waals surface area (Å²) in [7, 11) is 2.28. The molecule has 2 fully saturated rings. The molecule has 2 saturated heterocycles. The number of hydrogen-bond donors (Lipinski definition) is 1. The van der Waals surface area contributed by atoms with Crippen molar-refractivity contribution in [2.75, 3.05) is 52.9 Å². The first-order valence-corrected chi connectivity index (χ1v) is 6.87. The molecular weight excluding hydrogens is 198 g/mol. The van der Waals surface area contributed by atoms with Crippen LogP contribution in [0.5, 0.6) is 0 Å². The standard InChI is InChI=1S/C13H27N3/c1-12(13-9-14-10-13)11-15(2)7-8-16-5-3-4-6-16/h12-14H,3-11H2,1-2H3. The van der Waals surface area contributed by atoms with Crippen molar-refractivity contribution < 1.29 is 0 Å². The van der Waals surface area contributed by atoms with Gasteiger partial charge in [0, 0.05) is 19.6 Å². The molecule has 2 heterocycles. The molecule has 3 nitrogen and oxygen atoms in total. The molecular formula is C13H27N3. The maximum Gasteiger partial charge on any atom is 0.0109 e. The van der Waals surface area contributed by atoms with Crippen molar-refractivity contribution in [1.82, 2.24) is 15.1 Å². The second kappa shape index (κ2) is 5.99. The minimum Gasteiger partial charge on any atom is -0.316 e. The van der Waals surface area contributed by atoms with Gasteiger partial charge in [0.05, 0.1) is 0 Å². The van der Waals surface area contributed by atoms with Crippen LogP contribution in [-0.4, -0.2) is 62.7 Å². The molecule has 2 aliphatic rings. The van der Waals surface area contributed by atoms with E-state index in [0.717, 1.165) is 11.8 Å². The summed E-state index contributed by atoms with van der Waals surface area (Å²) in [5.41, 5.74) is 0. The van der Waals surface area contributed by atoms with E-state index < -0.39 is 0 Å². The molecule has 0 saturated carbocycles. The lowest BCUT2D eigenvalue weighted by molar-refractivity contribution is 0.174. The van der Waals surface area contributed by atoms with Crippen LogP contribution in [0.3, 0.4) is 0 Å². The molecule has 2 rings (SSSR count). The van der Waals surface area contributed by atoms with Crippen molar-refractivity contribution in [2.24, 2.45) is 11.8 Å². The van der Waals surface area contributed by atoms with Crippen LogP contribution in [0, 0.1) is 11.8 Å². The number of hydrogen-bond acceptors (Lipinski definition) is 3. The molecule has 3 heteroatoms. The summed E-state index contributed by atoms with van der Waals surface area (Å²) in [6.07, 6.45) is 2.82. The third-order valence-electron chi connectivity index (χ3n) is 4.21. The minimum atomic E-state index is 0.852. The third-order valence-corrected chi connectivity index (χ3v) is 4.21. The fourth-order valence-electron chi connectivity index (χ4n) is 2.76. The molecule has 1 atom stereocenters. The average Bonchev–Trinajstić information content (AvgIpc) is 2.63. The molecule has 1 N–H and O–H groups in total. The normalized spacial score (nSPS) is 24.9. The summed E-state index contributed by atoms with van der Waals surface area (Å²) >= 11 is 0. The summed E-state index contributed by atoms with van der Waals surface area (Å²) in [4.78, 5) is 5.12. The first kappa shape index (κ1) is 12.3. The lowest BCUT2D eigenvalue weighted by atomic mass is 9.89. The first-order chi connectivity index (χ1) is 7.75. The monoisotopic (exact) mass is 225 g/mol. The van der Waals surface area contributed by atoms with Gasteiger partial charge in [0.2, 0.25) is 0 Å². The number of nitrogens with one attached hydrogen (secondary N) is 1. The molecule has 1 unspecified atom stereocenters. The molecule has 16 heavy (non-hydrogen) atoms. The van der Waals surface area contributed by atoms with E-state index in [4.69, 9.17) is 0 Å². The van der Waals surface area contributed by atoms with Gasteiger partial charge in [-0.05, 0) is 57.9 Å². The molecule has 94 valence electrons. The highest BCUT2D eigenvalue weighted by molar-refractivity contribution is 4.80. The smallest absolute Gasteiger partial charge is 0.0109 e. The van der Waals surface area contributed by atoms with E-state index in [1.807, 2.05) is 0 Å². The Balaban J connectivity index is 1.57. The van der Waals surface area contributed by atoms with Gasteiger partial charge in [-0.2, -0.15) is 0 Å². The van der Waals surface area contributed by atoms with E-state index in [-0.39, 0.29) is 0 Å². The molecule has 0 radical (unpaired) electrons. The Labute approximate surface area is 100 Å². The van der Waals surface area contributed by atoms with Gasteiger partial charge in [0.25, 0.3) is 0 Å². The molecule has 2 aliphatic heterocycles. The Kier molecular flexibility index (Phi) is 4.62. The highest BCUT2D eigenvalue weighted by Crippen LogP contribution is 2.16. The maximum atomic E-state index is 3.37. The fourth-order valence-corrected chi connectivity index (χ4v) is 2.76. The Morgan fingerprint density at radius 3 is 2.56 bits per heavy atom. The summed E-state index contributed by atoms with van der Waals surface area (Å²) < 4.78 is 0. The van der Waals surface area contributed by atoms with Crippen LogP contribution in [0.1, 0.15) is 19.8 Å². The second-order valence-electron chi connectivity index (χ2n) is 5.71. The van der Waals surface area contributed by atoms with Crippen molar-refractivity contribution in [3.8, 4) is 0 Å². The summed E-state index contributed by atoms with van der Waals surface area (Å²) in [5.74, 6) is 1.78. The Bertz CT molecular complexity index is 197. The molecule has 0 aromatic rings. The second-order valence-corrected chi connectivity index (χ2v) is 5.71. The van der Waals surface area contributed by atoms with Crippen LogP contribution in [0.15, 0.2) is 0 Å². The largest absolute Gasteiger partial charge is 0.316 e. The van der Waals surface area contributed by atoms with Gasteiger partial charge in [0.15, 0.2) is 0 Å². The zero-order valence-corrected chi connectivity index (χ0v) is 10.9.